The fourth-order valence-electron chi connectivity index (χ4n) is 2.36. The van der Waals surface area contributed by atoms with Gasteiger partial charge in [-0.15, -0.1) is 0 Å². The number of amides is 1. The molecule has 106 valence electrons. The van der Waals surface area contributed by atoms with Crippen LogP contribution in [0.5, 0.6) is 0 Å². The van der Waals surface area contributed by atoms with Crippen LogP contribution in [0, 0.1) is 11.3 Å². The van der Waals surface area contributed by atoms with Crippen molar-refractivity contribution in [3.63, 3.8) is 0 Å². The SMILES string of the molecule is C[C@H]1CNCCN1CCC(=O)Nc1ccccc1C#N. The zero-order valence-electron chi connectivity index (χ0n) is 11.7. The van der Waals surface area contributed by atoms with Gasteiger partial charge in [0.1, 0.15) is 6.07 Å². The zero-order valence-corrected chi connectivity index (χ0v) is 11.7. The zero-order chi connectivity index (χ0) is 14.4. The van der Waals surface area contributed by atoms with Gasteiger partial charge in [0.2, 0.25) is 5.91 Å². The molecular weight excluding hydrogens is 252 g/mol. The number of nitrogens with zero attached hydrogens (tertiary/aromatic N) is 2. The second kappa shape index (κ2) is 7.04. The first-order valence-corrected chi connectivity index (χ1v) is 6.94. The summed E-state index contributed by atoms with van der Waals surface area (Å²) in [4.78, 5) is 14.3. The summed E-state index contributed by atoms with van der Waals surface area (Å²) >= 11 is 0. The molecule has 0 spiro atoms. The molecule has 1 atom stereocenters. The summed E-state index contributed by atoms with van der Waals surface area (Å²) in [6.45, 7) is 5.84. The first-order chi connectivity index (χ1) is 9.70. The standard InChI is InChI=1S/C15H20N4O/c1-12-11-17-7-9-19(12)8-6-15(20)18-14-5-3-2-4-13(14)10-16/h2-5,12,17H,6-9,11H2,1H3,(H,18,20)/t12-/m0/s1. The highest BCUT2D eigenvalue weighted by Crippen LogP contribution is 2.14. The van der Waals surface area contributed by atoms with Crippen molar-refractivity contribution in [1.82, 2.24) is 10.2 Å². The summed E-state index contributed by atoms with van der Waals surface area (Å²) in [6.07, 6.45) is 0.449. The van der Waals surface area contributed by atoms with Crippen LogP contribution in [0.2, 0.25) is 0 Å². The smallest absolute Gasteiger partial charge is 0.225 e. The Balaban J connectivity index is 1.85. The maximum Gasteiger partial charge on any atom is 0.225 e. The lowest BCUT2D eigenvalue weighted by Gasteiger charge is -2.33. The van der Waals surface area contributed by atoms with Crippen LogP contribution in [0.4, 0.5) is 5.69 Å². The van der Waals surface area contributed by atoms with Gasteiger partial charge in [-0.3, -0.25) is 9.69 Å². The minimum absolute atomic E-state index is 0.0431. The number of nitrogens with one attached hydrogen (secondary N) is 2. The molecule has 0 aliphatic carbocycles. The predicted molar refractivity (Wildman–Crippen MR) is 78.3 cm³/mol. The molecule has 1 saturated heterocycles. The number of nitriles is 1. The number of anilines is 1. The Hall–Kier alpha value is -1.90. The van der Waals surface area contributed by atoms with E-state index in [-0.39, 0.29) is 5.91 Å². The van der Waals surface area contributed by atoms with E-state index in [1.54, 1.807) is 18.2 Å². The van der Waals surface area contributed by atoms with Crippen LogP contribution in [0.15, 0.2) is 24.3 Å². The number of para-hydroxylation sites is 1. The normalized spacial score (nSPS) is 19.3. The highest BCUT2D eigenvalue weighted by Gasteiger charge is 2.18. The minimum atomic E-state index is -0.0431. The van der Waals surface area contributed by atoms with Gasteiger partial charge >= 0.3 is 0 Å². The molecule has 2 rings (SSSR count). The molecule has 5 heteroatoms. The van der Waals surface area contributed by atoms with Crippen molar-refractivity contribution >= 4 is 11.6 Å². The van der Waals surface area contributed by atoms with E-state index in [0.717, 1.165) is 26.2 Å². The first-order valence-electron chi connectivity index (χ1n) is 6.94. The summed E-state index contributed by atoms with van der Waals surface area (Å²) in [7, 11) is 0. The van der Waals surface area contributed by atoms with Crippen LogP contribution in [0.25, 0.3) is 0 Å². The summed E-state index contributed by atoms with van der Waals surface area (Å²) in [5.41, 5.74) is 1.09. The van der Waals surface area contributed by atoms with Crippen molar-refractivity contribution in [3.05, 3.63) is 29.8 Å². The Morgan fingerprint density at radius 2 is 2.35 bits per heavy atom. The lowest BCUT2D eigenvalue weighted by Crippen LogP contribution is -2.50. The van der Waals surface area contributed by atoms with Crippen molar-refractivity contribution in [3.8, 4) is 6.07 Å². The maximum absolute atomic E-state index is 12.0. The molecule has 2 N–H and O–H groups in total. The van der Waals surface area contributed by atoms with E-state index in [4.69, 9.17) is 5.26 Å². The summed E-state index contributed by atoms with van der Waals surface area (Å²) in [6, 6.07) is 9.60. The number of piperazine rings is 1. The lowest BCUT2D eigenvalue weighted by molar-refractivity contribution is -0.116. The first kappa shape index (κ1) is 14.5. The molecule has 0 bridgehead atoms. The molecule has 0 aromatic heterocycles. The predicted octanol–water partition coefficient (Wildman–Crippen LogP) is 1.18. The molecule has 1 heterocycles. The van der Waals surface area contributed by atoms with Crippen LogP contribution < -0.4 is 10.6 Å². The molecule has 0 radical (unpaired) electrons. The molecule has 1 aliphatic rings. The molecule has 1 amide bonds. The Labute approximate surface area is 119 Å². The molecule has 1 aromatic carbocycles. The molecule has 20 heavy (non-hydrogen) atoms. The van der Waals surface area contributed by atoms with E-state index in [9.17, 15) is 4.79 Å². The third-order valence-electron chi connectivity index (χ3n) is 3.59. The largest absolute Gasteiger partial charge is 0.325 e. The number of hydrogen-bond acceptors (Lipinski definition) is 4. The number of carbonyl (C=O) groups is 1. The Kier molecular flexibility index (Phi) is 5.10. The van der Waals surface area contributed by atoms with Crippen LogP contribution in [0.3, 0.4) is 0 Å². The number of carbonyl (C=O) groups excluding carboxylic acids is 1. The third-order valence-corrected chi connectivity index (χ3v) is 3.59. The van der Waals surface area contributed by atoms with Crippen molar-refractivity contribution < 1.29 is 4.79 Å². The molecule has 1 fully saturated rings. The van der Waals surface area contributed by atoms with Crippen LogP contribution in [0.1, 0.15) is 18.9 Å². The Morgan fingerprint density at radius 3 is 3.10 bits per heavy atom. The molecule has 0 unspecified atom stereocenters. The monoisotopic (exact) mass is 272 g/mol. The van der Waals surface area contributed by atoms with E-state index >= 15 is 0 Å². The number of benzene rings is 1. The highest BCUT2D eigenvalue weighted by atomic mass is 16.1. The van der Waals surface area contributed by atoms with Gasteiger partial charge in [0.05, 0.1) is 11.3 Å². The van der Waals surface area contributed by atoms with Gasteiger partial charge < -0.3 is 10.6 Å². The topological polar surface area (TPSA) is 68.2 Å². The average molecular weight is 272 g/mol. The maximum atomic E-state index is 12.0. The van der Waals surface area contributed by atoms with Crippen LogP contribution in [-0.4, -0.2) is 43.0 Å². The van der Waals surface area contributed by atoms with E-state index < -0.39 is 0 Å². The fraction of sp³-hybridized carbons (Fsp3) is 0.467. The Bertz CT molecular complexity index is 509. The van der Waals surface area contributed by atoms with Crippen molar-refractivity contribution in [2.24, 2.45) is 0 Å². The quantitative estimate of drug-likeness (QED) is 0.863. The van der Waals surface area contributed by atoms with E-state index in [1.807, 2.05) is 6.07 Å². The molecule has 1 aliphatic heterocycles. The van der Waals surface area contributed by atoms with Crippen LogP contribution in [-0.2, 0) is 4.79 Å². The van der Waals surface area contributed by atoms with Gasteiger partial charge in [0, 0.05) is 38.6 Å². The molecule has 0 saturated carbocycles. The number of rotatable bonds is 4. The summed E-state index contributed by atoms with van der Waals surface area (Å²) in [5.74, 6) is -0.0431. The van der Waals surface area contributed by atoms with Gasteiger partial charge in [-0.1, -0.05) is 12.1 Å². The molecule has 5 nitrogen and oxygen atoms in total. The van der Waals surface area contributed by atoms with E-state index in [0.29, 0.717) is 23.7 Å². The van der Waals surface area contributed by atoms with E-state index in [2.05, 4.69) is 28.5 Å². The van der Waals surface area contributed by atoms with Crippen molar-refractivity contribution in [1.29, 1.82) is 5.26 Å². The minimum Gasteiger partial charge on any atom is -0.325 e. The lowest BCUT2D eigenvalue weighted by atomic mass is 10.2. The van der Waals surface area contributed by atoms with Gasteiger partial charge in [-0.05, 0) is 19.1 Å². The average Bonchev–Trinajstić information content (AvgIpc) is 2.47. The fourth-order valence-corrected chi connectivity index (χ4v) is 2.36. The van der Waals surface area contributed by atoms with Gasteiger partial charge in [0.15, 0.2) is 0 Å². The molecular formula is C15H20N4O. The summed E-state index contributed by atoms with van der Waals surface area (Å²) in [5, 5.41) is 15.1. The van der Waals surface area contributed by atoms with Crippen molar-refractivity contribution in [2.45, 2.75) is 19.4 Å². The van der Waals surface area contributed by atoms with Crippen molar-refractivity contribution in [2.75, 3.05) is 31.5 Å². The van der Waals surface area contributed by atoms with E-state index in [1.165, 1.54) is 0 Å². The third kappa shape index (κ3) is 3.80. The summed E-state index contributed by atoms with van der Waals surface area (Å²) < 4.78 is 0. The van der Waals surface area contributed by atoms with Crippen LogP contribution >= 0.6 is 0 Å². The second-order valence-electron chi connectivity index (χ2n) is 5.04. The van der Waals surface area contributed by atoms with Gasteiger partial charge in [-0.25, -0.2) is 0 Å². The second-order valence-corrected chi connectivity index (χ2v) is 5.04. The molecule has 1 aromatic rings. The highest BCUT2D eigenvalue weighted by molar-refractivity contribution is 5.92. The number of hydrogen-bond donors (Lipinski definition) is 2. The Morgan fingerprint density at radius 1 is 1.55 bits per heavy atom. The van der Waals surface area contributed by atoms with Gasteiger partial charge in [0.25, 0.3) is 0 Å². The van der Waals surface area contributed by atoms with Gasteiger partial charge in [-0.2, -0.15) is 5.26 Å².